The zero-order valence-electron chi connectivity index (χ0n) is 8.84. The largest absolute Gasteiger partial charge is 0.325 e. The van der Waals surface area contributed by atoms with E-state index in [0.29, 0.717) is 0 Å². The Bertz CT molecular complexity index is 184. The maximum atomic E-state index is 12.9. The van der Waals surface area contributed by atoms with Gasteiger partial charge in [-0.2, -0.15) is 0 Å². The molecule has 0 amide bonds. The molecule has 1 heterocycles. The third-order valence-corrected chi connectivity index (χ3v) is 3.79. The summed E-state index contributed by atoms with van der Waals surface area (Å²) < 4.78 is 12.9. The Kier molecular flexibility index (Phi) is 3.07. The summed E-state index contributed by atoms with van der Waals surface area (Å²) in [5.41, 5.74) is 6.28. The van der Waals surface area contributed by atoms with Crippen LogP contribution in [-0.4, -0.2) is 36.2 Å². The summed E-state index contributed by atoms with van der Waals surface area (Å²) in [6.07, 6.45) is 5.66. The van der Waals surface area contributed by atoms with Gasteiger partial charge in [0, 0.05) is 18.6 Å². The third kappa shape index (κ3) is 2.45. The zero-order valence-corrected chi connectivity index (χ0v) is 8.84. The summed E-state index contributed by atoms with van der Waals surface area (Å²) in [5, 5.41) is 0. The van der Waals surface area contributed by atoms with Gasteiger partial charge in [0.2, 0.25) is 0 Å². The van der Waals surface area contributed by atoms with Crippen molar-refractivity contribution >= 4 is 0 Å². The van der Waals surface area contributed by atoms with E-state index >= 15 is 0 Å². The molecule has 0 aromatic heterocycles. The van der Waals surface area contributed by atoms with Gasteiger partial charge in [-0.05, 0) is 45.1 Å². The summed E-state index contributed by atoms with van der Waals surface area (Å²) in [6.45, 7) is 2.93. The van der Waals surface area contributed by atoms with Crippen molar-refractivity contribution in [1.29, 1.82) is 0 Å². The van der Waals surface area contributed by atoms with Crippen LogP contribution in [0, 0.1) is 0 Å². The van der Waals surface area contributed by atoms with Gasteiger partial charge >= 0.3 is 0 Å². The fourth-order valence-electron chi connectivity index (χ4n) is 2.39. The molecule has 3 heteroatoms. The summed E-state index contributed by atoms with van der Waals surface area (Å²) in [4.78, 5) is 2.36. The molecular formula is C11H21FN2. The van der Waals surface area contributed by atoms with E-state index in [1.807, 2.05) is 0 Å². The van der Waals surface area contributed by atoms with Gasteiger partial charge in [-0.15, -0.1) is 0 Å². The summed E-state index contributed by atoms with van der Waals surface area (Å²) in [7, 11) is 0. The molecule has 0 unspecified atom stereocenters. The van der Waals surface area contributed by atoms with Crippen molar-refractivity contribution in [3.63, 3.8) is 0 Å². The number of hydrogen-bond acceptors (Lipinski definition) is 2. The van der Waals surface area contributed by atoms with Crippen molar-refractivity contribution in [3.8, 4) is 0 Å². The lowest BCUT2D eigenvalue weighted by atomic mass is 9.75. The molecule has 1 aliphatic heterocycles. The van der Waals surface area contributed by atoms with Crippen molar-refractivity contribution < 1.29 is 4.39 Å². The second-order valence-corrected chi connectivity index (χ2v) is 4.98. The molecule has 2 N–H and O–H groups in total. The summed E-state index contributed by atoms with van der Waals surface area (Å²) >= 11 is 0. The van der Waals surface area contributed by atoms with Gasteiger partial charge in [0.25, 0.3) is 0 Å². The molecule has 1 saturated carbocycles. The van der Waals surface area contributed by atoms with E-state index in [0.717, 1.165) is 38.9 Å². The smallest absolute Gasteiger partial charge is 0.103 e. The minimum atomic E-state index is -0.554. The lowest BCUT2D eigenvalue weighted by Crippen LogP contribution is -2.49. The van der Waals surface area contributed by atoms with Crippen LogP contribution in [0.3, 0.4) is 0 Å². The molecule has 0 spiro atoms. The Morgan fingerprint density at radius 1 is 1.29 bits per heavy atom. The average Bonchev–Trinajstić information content (AvgIpc) is 2.14. The van der Waals surface area contributed by atoms with Crippen LogP contribution >= 0.6 is 0 Å². The number of rotatable bonds is 3. The Morgan fingerprint density at radius 2 is 1.93 bits per heavy atom. The maximum Gasteiger partial charge on any atom is 0.103 e. The SMILES string of the molecule is NC1(CCN2CCC(F)CC2)CCC1. The Labute approximate surface area is 85.6 Å². The van der Waals surface area contributed by atoms with Crippen LogP contribution in [0.2, 0.25) is 0 Å². The number of alkyl halides is 1. The first-order valence-corrected chi connectivity index (χ1v) is 5.83. The number of halogens is 1. The van der Waals surface area contributed by atoms with E-state index in [1.165, 1.54) is 19.3 Å². The molecule has 2 rings (SSSR count). The van der Waals surface area contributed by atoms with Crippen molar-refractivity contribution in [2.45, 2.75) is 50.2 Å². The summed E-state index contributed by atoms with van der Waals surface area (Å²) in [6, 6.07) is 0. The van der Waals surface area contributed by atoms with Gasteiger partial charge in [0.15, 0.2) is 0 Å². The van der Waals surface area contributed by atoms with Crippen molar-refractivity contribution in [2.75, 3.05) is 19.6 Å². The predicted molar refractivity (Wildman–Crippen MR) is 56.0 cm³/mol. The molecule has 0 aromatic rings. The number of hydrogen-bond donors (Lipinski definition) is 1. The fourth-order valence-corrected chi connectivity index (χ4v) is 2.39. The van der Waals surface area contributed by atoms with Gasteiger partial charge in [0.1, 0.15) is 6.17 Å². The van der Waals surface area contributed by atoms with Crippen LogP contribution in [0.5, 0.6) is 0 Å². The highest BCUT2D eigenvalue weighted by atomic mass is 19.1. The first-order valence-electron chi connectivity index (χ1n) is 5.83. The normalized spacial score (nSPS) is 28.7. The van der Waals surface area contributed by atoms with Crippen LogP contribution in [0.25, 0.3) is 0 Å². The summed E-state index contributed by atoms with van der Waals surface area (Å²) in [5.74, 6) is 0. The average molecular weight is 200 g/mol. The minimum Gasteiger partial charge on any atom is -0.325 e. The lowest BCUT2D eigenvalue weighted by molar-refractivity contribution is 0.126. The molecule has 1 saturated heterocycles. The third-order valence-electron chi connectivity index (χ3n) is 3.79. The van der Waals surface area contributed by atoms with E-state index in [9.17, 15) is 4.39 Å². The molecule has 0 radical (unpaired) electrons. The van der Waals surface area contributed by atoms with Crippen LogP contribution < -0.4 is 5.73 Å². The van der Waals surface area contributed by atoms with E-state index in [1.54, 1.807) is 0 Å². The van der Waals surface area contributed by atoms with Crippen molar-refractivity contribution in [1.82, 2.24) is 4.90 Å². The quantitative estimate of drug-likeness (QED) is 0.751. The van der Waals surface area contributed by atoms with Gasteiger partial charge in [-0.3, -0.25) is 0 Å². The molecule has 0 bridgehead atoms. The highest BCUT2D eigenvalue weighted by Gasteiger charge is 2.32. The Morgan fingerprint density at radius 3 is 2.43 bits per heavy atom. The molecule has 0 aromatic carbocycles. The van der Waals surface area contributed by atoms with Crippen LogP contribution in [0.15, 0.2) is 0 Å². The standard InChI is InChI=1S/C11H21FN2/c12-10-2-7-14(8-3-10)9-6-11(13)4-1-5-11/h10H,1-9,13H2. The number of piperidine rings is 1. The van der Waals surface area contributed by atoms with Gasteiger partial charge in [0.05, 0.1) is 0 Å². The molecular weight excluding hydrogens is 179 g/mol. The van der Waals surface area contributed by atoms with Gasteiger partial charge < -0.3 is 10.6 Å². The van der Waals surface area contributed by atoms with E-state index in [2.05, 4.69) is 4.90 Å². The van der Waals surface area contributed by atoms with Crippen molar-refractivity contribution in [2.24, 2.45) is 5.73 Å². The zero-order chi connectivity index (χ0) is 10.0. The molecule has 2 aliphatic rings. The second-order valence-electron chi connectivity index (χ2n) is 4.98. The molecule has 1 aliphatic carbocycles. The Hall–Kier alpha value is -0.150. The molecule has 82 valence electrons. The predicted octanol–water partition coefficient (Wildman–Crippen LogP) is 1.69. The van der Waals surface area contributed by atoms with E-state index in [-0.39, 0.29) is 5.54 Å². The Balaban J connectivity index is 1.65. The molecule has 2 fully saturated rings. The minimum absolute atomic E-state index is 0.132. The van der Waals surface area contributed by atoms with Gasteiger partial charge in [-0.25, -0.2) is 4.39 Å². The monoisotopic (exact) mass is 200 g/mol. The van der Waals surface area contributed by atoms with E-state index < -0.39 is 6.17 Å². The van der Waals surface area contributed by atoms with E-state index in [4.69, 9.17) is 5.73 Å². The van der Waals surface area contributed by atoms with Crippen LogP contribution in [-0.2, 0) is 0 Å². The lowest BCUT2D eigenvalue weighted by Gasteiger charge is -2.40. The fraction of sp³-hybridized carbons (Fsp3) is 1.00. The van der Waals surface area contributed by atoms with Crippen LogP contribution in [0.4, 0.5) is 4.39 Å². The molecule has 2 nitrogen and oxygen atoms in total. The maximum absolute atomic E-state index is 12.9. The highest BCUT2D eigenvalue weighted by Crippen LogP contribution is 2.32. The number of nitrogens with two attached hydrogens (primary N) is 1. The first kappa shape index (κ1) is 10.4. The number of nitrogens with zero attached hydrogens (tertiary/aromatic N) is 1. The number of likely N-dealkylation sites (tertiary alicyclic amines) is 1. The van der Waals surface area contributed by atoms with Crippen LogP contribution in [0.1, 0.15) is 38.5 Å². The highest BCUT2D eigenvalue weighted by molar-refractivity contribution is 4.93. The van der Waals surface area contributed by atoms with Crippen molar-refractivity contribution in [3.05, 3.63) is 0 Å². The topological polar surface area (TPSA) is 29.3 Å². The van der Waals surface area contributed by atoms with Gasteiger partial charge in [-0.1, -0.05) is 0 Å². The molecule has 0 atom stereocenters. The molecule has 14 heavy (non-hydrogen) atoms. The first-order chi connectivity index (χ1) is 6.68. The second kappa shape index (κ2) is 4.15.